The van der Waals surface area contributed by atoms with Crippen molar-refractivity contribution in [2.45, 2.75) is 52.0 Å². The van der Waals surface area contributed by atoms with Crippen molar-refractivity contribution in [3.8, 4) is 0 Å². The molecule has 162 valence electrons. The van der Waals surface area contributed by atoms with E-state index < -0.39 is 0 Å². The lowest BCUT2D eigenvalue weighted by Gasteiger charge is -2.45. The summed E-state index contributed by atoms with van der Waals surface area (Å²) in [6.45, 7) is 7.62. The number of nitrogens with zero attached hydrogens (tertiary/aromatic N) is 4. The fourth-order valence-corrected chi connectivity index (χ4v) is 4.95. The van der Waals surface area contributed by atoms with E-state index in [1.807, 2.05) is 36.9 Å². The highest BCUT2D eigenvalue weighted by Gasteiger charge is 2.41. The van der Waals surface area contributed by atoms with Gasteiger partial charge in [-0.15, -0.1) is 0 Å². The zero-order valence-corrected chi connectivity index (χ0v) is 18.1. The van der Waals surface area contributed by atoms with Crippen molar-refractivity contribution in [3.05, 3.63) is 23.8 Å². The summed E-state index contributed by atoms with van der Waals surface area (Å²) in [7, 11) is 0. The Kier molecular flexibility index (Phi) is 5.97. The van der Waals surface area contributed by atoms with Crippen LogP contribution in [-0.4, -0.2) is 72.8 Å². The quantitative estimate of drug-likeness (QED) is 0.745. The molecule has 0 radical (unpaired) electrons. The summed E-state index contributed by atoms with van der Waals surface area (Å²) in [5, 5.41) is 0. The Hall–Kier alpha value is -2.57. The minimum absolute atomic E-state index is 0.00321. The molecule has 0 N–H and O–H groups in total. The smallest absolute Gasteiger partial charge is 0.253 e. The van der Waals surface area contributed by atoms with Gasteiger partial charge in [-0.3, -0.25) is 19.3 Å². The van der Waals surface area contributed by atoms with Gasteiger partial charge in [-0.2, -0.15) is 0 Å². The molecule has 7 heteroatoms. The molecule has 30 heavy (non-hydrogen) atoms. The van der Waals surface area contributed by atoms with Crippen molar-refractivity contribution in [1.29, 1.82) is 0 Å². The van der Waals surface area contributed by atoms with Gasteiger partial charge in [0.25, 0.3) is 5.91 Å². The number of benzene rings is 1. The van der Waals surface area contributed by atoms with E-state index in [-0.39, 0.29) is 30.3 Å². The SMILES string of the molecule is CCN(CC)C(=O)c1ccc2c(c1)N(CC(=O)N1CCCC1)C(=O)[C@H]1CCCCN21. The summed E-state index contributed by atoms with van der Waals surface area (Å²) in [5.41, 5.74) is 2.23. The number of amides is 3. The minimum Gasteiger partial charge on any atom is -0.358 e. The summed E-state index contributed by atoms with van der Waals surface area (Å²) < 4.78 is 0. The highest BCUT2D eigenvalue weighted by Crippen LogP contribution is 2.40. The van der Waals surface area contributed by atoms with Gasteiger partial charge in [0.1, 0.15) is 12.6 Å². The maximum absolute atomic E-state index is 13.4. The fourth-order valence-electron chi connectivity index (χ4n) is 4.95. The zero-order chi connectivity index (χ0) is 21.3. The molecule has 4 rings (SSSR count). The van der Waals surface area contributed by atoms with Crippen molar-refractivity contribution in [2.75, 3.05) is 49.1 Å². The van der Waals surface area contributed by atoms with Gasteiger partial charge in [-0.1, -0.05) is 0 Å². The normalized spacial score (nSPS) is 20.8. The lowest BCUT2D eigenvalue weighted by molar-refractivity contribution is -0.131. The van der Waals surface area contributed by atoms with Crippen LogP contribution in [0.5, 0.6) is 0 Å². The van der Waals surface area contributed by atoms with Crippen molar-refractivity contribution in [2.24, 2.45) is 0 Å². The second kappa shape index (κ2) is 8.66. The van der Waals surface area contributed by atoms with E-state index in [0.717, 1.165) is 57.4 Å². The summed E-state index contributed by atoms with van der Waals surface area (Å²) in [6.07, 6.45) is 4.93. The molecule has 3 aliphatic rings. The van der Waals surface area contributed by atoms with Crippen LogP contribution in [0.4, 0.5) is 11.4 Å². The van der Waals surface area contributed by atoms with Crippen LogP contribution >= 0.6 is 0 Å². The first-order valence-corrected chi connectivity index (χ1v) is 11.3. The molecule has 2 fully saturated rings. The van der Waals surface area contributed by atoms with Crippen LogP contribution in [0.25, 0.3) is 0 Å². The fraction of sp³-hybridized carbons (Fsp3) is 0.609. The minimum atomic E-state index is -0.207. The van der Waals surface area contributed by atoms with Gasteiger partial charge < -0.3 is 14.7 Å². The summed E-state index contributed by atoms with van der Waals surface area (Å²) in [4.78, 5) is 46.7. The van der Waals surface area contributed by atoms with Gasteiger partial charge in [0, 0.05) is 38.3 Å². The van der Waals surface area contributed by atoms with E-state index in [0.29, 0.717) is 24.3 Å². The highest BCUT2D eigenvalue weighted by atomic mass is 16.2. The van der Waals surface area contributed by atoms with E-state index in [4.69, 9.17) is 0 Å². The summed E-state index contributed by atoms with van der Waals surface area (Å²) in [5.74, 6) is -0.0550. The lowest BCUT2D eigenvalue weighted by Crippen LogP contribution is -2.57. The first-order valence-electron chi connectivity index (χ1n) is 11.3. The number of carbonyl (C=O) groups is 3. The molecule has 3 amide bonds. The third-order valence-electron chi connectivity index (χ3n) is 6.68. The van der Waals surface area contributed by atoms with Crippen LogP contribution in [0.15, 0.2) is 18.2 Å². The molecule has 1 aromatic carbocycles. The molecular weight excluding hydrogens is 380 g/mol. The zero-order valence-electron chi connectivity index (χ0n) is 18.1. The number of anilines is 2. The average Bonchev–Trinajstić information content (AvgIpc) is 3.32. The molecule has 1 atom stereocenters. The number of rotatable bonds is 5. The molecule has 0 saturated carbocycles. The van der Waals surface area contributed by atoms with Crippen molar-refractivity contribution < 1.29 is 14.4 Å². The predicted octanol–water partition coefficient (Wildman–Crippen LogP) is 2.50. The Balaban J connectivity index is 1.70. The van der Waals surface area contributed by atoms with Crippen LogP contribution in [0.2, 0.25) is 0 Å². The van der Waals surface area contributed by atoms with Gasteiger partial charge >= 0.3 is 0 Å². The van der Waals surface area contributed by atoms with E-state index in [1.54, 1.807) is 9.80 Å². The molecule has 3 heterocycles. The van der Waals surface area contributed by atoms with Gasteiger partial charge in [-0.05, 0) is 64.2 Å². The number of piperidine rings is 1. The van der Waals surface area contributed by atoms with E-state index in [2.05, 4.69) is 4.90 Å². The Labute approximate surface area is 178 Å². The van der Waals surface area contributed by atoms with Crippen molar-refractivity contribution in [1.82, 2.24) is 9.80 Å². The molecule has 0 bridgehead atoms. The largest absolute Gasteiger partial charge is 0.358 e. The second-order valence-electron chi connectivity index (χ2n) is 8.40. The molecular formula is C23H32N4O3. The van der Waals surface area contributed by atoms with Crippen molar-refractivity contribution >= 4 is 29.1 Å². The maximum atomic E-state index is 13.4. The Morgan fingerprint density at radius 2 is 1.70 bits per heavy atom. The number of likely N-dealkylation sites (tertiary alicyclic amines) is 1. The molecule has 3 aliphatic heterocycles. The molecule has 1 aromatic rings. The van der Waals surface area contributed by atoms with E-state index in [9.17, 15) is 14.4 Å². The van der Waals surface area contributed by atoms with Gasteiger partial charge in [0.05, 0.1) is 11.4 Å². The highest BCUT2D eigenvalue weighted by molar-refractivity contribution is 6.09. The van der Waals surface area contributed by atoms with Crippen LogP contribution in [0.1, 0.15) is 56.3 Å². The molecule has 0 aliphatic carbocycles. The van der Waals surface area contributed by atoms with Crippen LogP contribution in [0, 0.1) is 0 Å². The average molecular weight is 413 g/mol. The summed E-state index contributed by atoms with van der Waals surface area (Å²) >= 11 is 0. The number of hydrogen-bond acceptors (Lipinski definition) is 4. The third kappa shape index (κ3) is 3.66. The van der Waals surface area contributed by atoms with Gasteiger partial charge in [-0.25, -0.2) is 0 Å². The monoisotopic (exact) mass is 412 g/mol. The van der Waals surface area contributed by atoms with Gasteiger partial charge in [0.15, 0.2) is 0 Å². The summed E-state index contributed by atoms with van der Waals surface area (Å²) in [6, 6.07) is 5.43. The number of fused-ring (bicyclic) bond motifs is 3. The van der Waals surface area contributed by atoms with E-state index >= 15 is 0 Å². The molecule has 0 aromatic heterocycles. The first kappa shape index (κ1) is 20.7. The van der Waals surface area contributed by atoms with Crippen molar-refractivity contribution in [3.63, 3.8) is 0 Å². The first-order chi connectivity index (χ1) is 14.5. The lowest BCUT2D eigenvalue weighted by atomic mass is 9.95. The topological polar surface area (TPSA) is 64.2 Å². The Morgan fingerprint density at radius 3 is 2.40 bits per heavy atom. The third-order valence-corrected chi connectivity index (χ3v) is 6.68. The number of hydrogen-bond donors (Lipinski definition) is 0. The molecule has 0 unspecified atom stereocenters. The molecule has 0 spiro atoms. The van der Waals surface area contributed by atoms with Gasteiger partial charge in [0.2, 0.25) is 11.8 Å². The Morgan fingerprint density at radius 1 is 1.00 bits per heavy atom. The molecule has 2 saturated heterocycles. The molecule has 7 nitrogen and oxygen atoms in total. The maximum Gasteiger partial charge on any atom is 0.253 e. The predicted molar refractivity (Wildman–Crippen MR) is 117 cm³/mol. The van der Waals surface area contributed by atoms with Crippen LogP contribution in [-0.2, 0) is 9.59 Å². The Bertz CT molecular complexity index is 830. The van der Waals surface area contributed by atoms with Crippen LogP contribution in [0.3, 0.4) is 0 Å². The standard InChI is InChI=1S/C23H32N4O3/c1-3-24(4-2)22(29)17-10-11-18-20(15-17)27(16-21(28)25-12-7-8-13-25)23(30)19-9-5-6-14-26(18)19/h10-11,15,19H,3-9,12-14,16H2,1-2H3/t19-/m1/s1. The van der Waals surface area contributed by atoms with E-state index in [1.165, 1.54) is 0 Å². The van der Waals surface area contributed by atoms with Crippen LogP contribution < -0.4 is 9.80 Å². The second-order valence-corrected chi connectivity index (χ2v) is 8.40. The number of carbonyl (C=O) groups excluding carboxylic acids is 3.